The second-order valence-electron chi connectivity index (χ2n) is 3.43. The molecule has 2 aromatic rings. The van der Waals surface area contributed by atoms with Gasteiger partial charge >= 0.3 is 0 Å². The summed E-state index contributed by atoms with van der Waals surface area (Å²) in [5.41, 5.74) is 0. The predicted molar refractivity (Wildman–Crippen MR) is 59.0 cm³/mol. The Morgan fingerprint density at radius 3 is 3.00 bits per heavy atom. The van der Waals surface area contributed by atoms with E-state index in [1.807, 2.05) is 6.92 Å². The average molecular weight is 242 g/mol. The van der Waals surface area contributed by atoms with E-state index in [9.17, 15) is 5.11 Å². The van der Waals surface area contributed by atoms with E-state index in [-0.39, 0.29) is 0 Å². The van der Waals surface area contributed by atoms with Crippen molar-refractivity contribution in [2.24, 2.45) is 0 Å². The molecule has 2 aromatic heterocycles. The van der Waals surface area contributed by atoms with Crippen molar-refractivity contribution in [3.63, 3.8) is 0 Å². The van der Waals surface area contributed by atoms with Crippen LogP contribution in [-0.4, -0.2) is 26.0 Å². The molecule has 86 valence electrons. The van der Waals surface area contributed by atoms with E-state index in [1.54, 1.807) is 16.8 Å². The van der Waals surface area contributed by atoms with Crippen LogP contribution in [0.3, 0.4) is 0 Å². The van der Waals surface area contributed by atoms with Crippen molar-refractivity contribution in [3.8, 4) is 11.6 Å². The third kappa shape index (κ3) is 2.25. The summed E-state index contributed by atoms with van der Waals surface area (Å²) in [4.78, 5) is 4.08. The molecule has 16 heavy (non-hydrogen) atoms. The molecule has 2 heterocycles. The molecular formula is C10H12ClN3O2. The summed E-state index contributed by atoms with van der Waals surface area (Å²) in [5, 5.41) is 13.9. The van der Waals surface area contributed by atoms with E-state index in [1.165, 1.54) is 6.33 Å². The minimum atomic E-state index is -0.439. The highest BCUT2D eigenvalue weighted by molar-refractivity contribution is 6.28. The molecule has 6 heteroatoms. The lowest BCUT2D eigenvalue weighted by atomic mass is 10.3. The van der Waals surface area contributed by atoms with Crippen molar-refractivity contribution >= 4 is 11.6 Å². The van der Waals surface area contributed by atoms with Crippen LogP contribution in [0.4, 0.5) is 0 Å². The Kier molecular flexibility index (Phi) is 3.26. The van der Waals surface area contributed by atoms with Crippen LogP contribution in [0.1, 0.15) is 13.3 Å². The first-order valence-electron chi connectivity index (χ1n) is 5.02. The van der Waals surface area contributed by atoms with Gasteiger partial charge in [-0.25, -0.2) is 9.67 Å². The molecule has 0 spiro atoms. The fourth-order valence-corrected chi connectivity index (χ4v) is 1.50. The predicted octanol–water partition coefficient (Wildman–Crippen LogP) is 1.96. The average Bonchev–Trinajstić information content (AvgIpc) is 2.86. The molecule has 1 atom stereocenters. The molecule has 5 nitrogen and oxygen atoms in total. The lowest BCUT2D eigenvalue weighted by Gasteiger charge is -2.08. The maximum atomic E-state index is 9.56. The standard InChI is InChI=1S/C10H12ClN3O2/c1-2-7(15)5-14-10(12-6-13-14)8-3-4-9(11)16-8/h3-4,6-7,15H,2,5H2,1H3/t7-/m1/s1. The summed E-state index contributed by atoms with van der Waals surface area (Å²) >= 11 is 5.69. The SMILES string of the molecule is CC[C@@H](O)Cn1ncnc1-c1ccc(Cl)o1. The molecular weight excluding hydrogens is 230 g/mol. The Hall–Kier alpha value is -1.33. The number of furan rings is 1. The molecule has 0 aromatic carbocycles. The number of hydrogen-bond donors (Lipinski definition) is 1. The van der Waals surface area contributed by atoms with Crippen LogP contribution < -0.4 is 0 Å². The zero-order chi connectivity index (χ0) is 11.5. The zero-order valence-electron chi connectivity index (χ0n) is 8.80. The number of aliphatic hydroxyl groups excluding tert-OH is 1. The van der Waals surface area contributed by atoms with Crippen molar-refractivity contribution < 1.29 is 9.52 Å². The Morgan fingerprint density at radius 2 is 2.38 bits per heavy atom. The lowest BCUT2D eigenvalue weighted by molar-refractivity contribution is 0.145. The van der Waals surface area contributed by atoms with Gasteiger partial charge < -0.3 is 9.52 Å². The minimum Gasteiger partial charge on any atom is -0.441 e. The number of halogens is 1. The molecule has 1 N–H and O–H groups in total. The van der Waals surface area contributed by atoms with Crippen LogP contribution in [0.15, 0.2) is 22.9 Å². The number of nitrogens with zero attached hydrogens (tertiary/aromatic N) is 3. The summed E-state index contributed by atoms with van der Waals surface area (Å²) in [6.45, 7) is 2.30. The van der Waals surface area contributed by atoms with Gasteiger partial charge in [0.15, 0.2) is 16.8 Å². The Balaban J connectivity index is 2.25. The van der Waals surface area contributed by atoms with Gasteiger partial charge in [-0.2, -0.15) is 5.10 Å². The van der Waals surface area contributed by atoms with Crippen molar-refractivity contribution in [2.75, 3.05) is 0 Å². The highest BCUT2D eigenvalue weighted by Crippen LogP contribution is 2.22. The number of aliphatic hydroxyl groups is 1. The molecule has 0 bridgehead atoms. The lowest BCUT2D eigenvalue weighted by Crippen LogP contribution is -2.16. The van der Waals surface area contributed by atoms with Crippen LogP contribution in [-0.2, 0) is 6.54 Å². The first-order chi connectivity index (χ1) is 7.70. The molecule has 0 radical (unpaired) electrons. The van der Waals surface area contributed by atoms with E-state index in [4.69, 9.17) is 16.0 Å². The maximum absolute atomic E-state index is 9.56. The molecule has 2 rings (SSSR count). The third-order valence-corrected chi connectivity index (χ3v) is 2.47. The molecule has 0 aliphatic rings. The number of aromatic nitrogens is 3. The second-order valence-corrected chi connectivity index (χ2v) is 3.80. The minimum absolute atomic E-state index is 0.306. The Bertz CT molecular complexity index is 466. The zero-order valence-corrected chi connectivity index (χ0v) is 9.55. The van der Waals surface area contributed by atoms with Gasteiger partial charge in [0.2, 0.25) is 0 Å². The summed E-state index contributed by atoms with van der Waals surface area (Å²) in [5.74, 6) is 1.12. The number of rotatable bonds is 4. The van der Waals surface area contributed by atoms with Crippen LogP contribution in [0.5, 0.6) is 0 Å². The molecule has 0 aliphatic carbocycles. The van der Waals surface area contributed by atoms with Crippen LogP contribution >= 0.6 is 11.6 Å². The smallest absolute Gasteiger partial charge is 0.194 e. The summed E-state index contributed by atoms with van der Waals surface area (Å²) < 4.78 is 6.84. The molecule has 0 amide bonds. The fraction of sp³-hybridized carbons (Fsp3) is 0.400. The van der Waals surface area contributed by atoms with Gasteiger partial charge in [-0.1, -0.05) is 6.92 Å². The third-order valence-electron chi connectivity index (χ3n) is 2.26. The van der Waals surface area contributed by atoms with Gasteiger partial charge in [0.25, 0.3) is 0 Å². The van der Waals surface area contributed by atoms with E-state index >= 15 is 0 Å². The van der Waals surface area contributed by atoms with E-state index in [2.05, 4.69) is 10.1 Å². The second kappa shape index (κ2) is 4.67. The van der Waals surface area contributed by atoms with Gasteiger partial charge in [0, 0.05) is 0 Å². The van der Waals surface area contributed by atoms with Crippen LogP contribution in [0.25, 0.3) is 11.6 Å². The topological polar surface area (TPSA) is 64.1 Å². The van der Waals surface area contributed by atoms with Crippen molar-refractivity contribution in [2.45, 2.75) is 26.0 Å². The van der Waals surface area contributed by atoms with Gasteiger partial charge in [-0.05, 0) is 30.2 Å². The first kappa shape index (κ1) is 11.2. The number of hydrogen-bond acceptors (Lipinski definition) is 4. The van der Waals surface area contributed by atoms with Gasteiger partial charge in [0.05, 0.1) is 12.6 Å². The monoisotopic (exact) mass is 241 g/mol. The highest BCUT2D eigenvalue weighted by Gasteiger charge is 2.13. The molecule has 0 saturated heterocycles. The van der Waals surface area contributed by atoms with Gasteiger partial charge in [0.1, 0.15) is 6.33 Å². The van der Waals surface area contributed by atoms with Crippen molar-refractivity contribution in [1.29, 1.82) is 0 Å². The summed E-state index contributed by atoms with van der Waals surface area (Å²) in [6, 6.07) is 3.37. The normalized spacial score (nSPS) is 12.9. The Labute approximate surface area is 97.7 Å². The quantitative estimate of drug-likeness (QED) is 0.889. The molecule has 0 unspecified atom stereocenters. The van der Waals surface area contributed by atoms with E-state index in [0.29, 0.717) is 29.8 Å². The maximum Gasteiger partial charge on any atom is 0.194 e. The van der Waals surface area contributed by atoms with Crippen LogP contribution in [0, 0.1) is 0 Å². The highest BCUT2D eigenvalue weighted by atomic mass is 35.5. The van der Waals surface area contributed by atoms with Gasteiger partial charge in [-0.3, -0.25) is 0 Å². The van der Waals surface area contributed by atoms with E-state index < -0.39 is 6.10 Å². The first-order valence-corrected chi connectivity index (χ1v) is 5.40. The fourth-order valence-electron chi connectivity index (χ4n) is 1.35. The molecule has 0 aliphatic heterocycles. The van der Waals surface area contributed by atoms with E-state index in [0.717, 1.165) is 0 Å². The summed E-state index contributed by atoms with van der Waals surface area (Å²) in [7, 11) is 0. The van der Waals surface area contributed by atoms with Crippen molar-refractivity contribution in [3.05, 3.63) is 23.7 Å². The van der Waals surface area contributed by atoms with Crippen LogP contribution in [0.2, 0.25) is 5.22 Å². The van der Waals surface area contributed by atoms with Gasteiger partial charge in [-0.15, -0.1) is 0 Å². The Morgan fingerprint density at radius 1 is 1.56 bits per heavy atom. The largest absolute Gasteiger partial charge is 0.441 e. The summed E-state index contributed by atoms with van der Waals surface area (Å²) in [6.07, 6.45) is 1.65. The molecule has 0 fully saturated rings. The molecule has 0 saturated carbocycles. The van der Waals surface area contributed by atoms with Crippen molar-refractivity contribution in [1.82, 2.24) is 14.8 Å².